The van der Waals surface area contributed by atoms with Gasteiger partial charge < -0.3 is 29.5 Å². The highest BCUT2D eigenvalue weighted by Gasteiger charge is 2.43. The van der Waals surface area contributed by atoms with Crippen LogP contribution in [0, 0.1) is 0 Å². The van der Waals surface area contributed by atoms with E-state index in [9.17, 15) is 28.9 Å². The molecule has 4 atom stereocenters. The van der Waals surface area contributed by atoms with E-state index in [1.54, 1.807) is 30.3 Å². The van der Waals surface area contributed by atoms with E-state index in [2.05, 4.69) is 0 Å². The summed E-state index contributed by atoms with van der Waals surface area (Å²) in [6.45, 7) is -0.990. The Hall–Kier alpha value is -2.14. The van der Waals surface area contributed by atoms with Crippen molar-refractivity contribution in [2.24, 2.45) is 0 Å². The van der Waals surface area contributed by atoms with Crippen LogP contribution in [0.4, 0.5) is 8.78 Å². The van der Waals surface area contributed by atoms with Crippen LogP contribution >= 0.6 is 11.6 Å². The van der Waals surface area contributed by atoms with E-state index in [-0.39, 0.29) is 13.2 Å². The van der Waals surface area contributed by atoms with Gasteiger partial charge in [-0.25, -0.2) is 8.78 Å². The van der Waals surface area contributed by atoms with Crippen molar-refractivity contribution in [2.75, 3.05) is 26.4 Å². The summed E-state index contributed by atoms with van der Waals surface area (Å²) < 4.78 is 39.8. The average Bonchev–Trinajstić information content (AvgIpc) is 2.80. The van der Waals surface area contributed by atoms with Crippen molar-refractivity contribution < 1.29 is 43.1 Å². The van der Waals surface area contributed by atoms with Crippen molar-refractivity contribution in [3.8, 4) is 5.75 Å². The van der Waals surface area contributed by atoms with Gasteiger partial charge in [-0.05, 0) is 41.3 Å². The normalized spacial score (nSPS) is 23.2. The molecule has 10 heteroatoms. The maximum atomic E-state index is 12.1. The number of halogens is 3. The molecule has 1 aliphatic heterocycles. The topological polar surface area (TPSA) is 105 Å². The second-order valence-electron chi connectivity index (χ2n) is 7.56. The molecule has 0 radical (unpaired) electrons. The molecule has 1 aliphatic rings. The number of Topliss-reactive ketones (excluding diaryl/α,β-unsaturated/α-hetero) is 1. The van der Waals surface area contributed by atoms with Gasteiger partial charge in [-0.15, -0.1) is 0 Å². The van der Waals surface area contributed by atoms with Crippen LogP contribution in [0.2, 0.25) is 5.02 Å². The Kier molecular flexibility index (Phi) is 9.13. The number of hydrogen-bond donors (Lipinski definition) is 3. The predicted molar refractivity (Wildman–Crippen MR) is 115 cm³/mol. The number of hydrogen-bond acceptors (Lipinski definition) is 7. The summed E-state index contributed by atoms with van der Waals surface area (Å²) in [5.41, 5.74) is 2.11. The second-order valence-corrected chi connectivity index (χ2v) is 7.96. The Morgan fingerprint density at radius 3 is 2.45 bits per heavy atom. The summed E-state index contributed by atoms with van der Waals surface area (Å²) in [6, 6.07) is 12.1. The Labute approximate surface area is 194 Å². The molecule has 0 bridgehead atoms. The maximum Gasteiger partial charge on any atom is 0.261 e. The van der Waals surface area contributed by atoms with Gasteiger partial charge in [-0.1, -0.05) is 35.9 Å². The summed E-state index contributed by atoms with van der Waals surface area (Å²) >= 11 is 6.34. The van der Waals surface area contributed by atoms with Crippen molar-refractivity contribution in [1.82, 2.24) is 0 Å². The molecular weight excluding hydrogens is 462 g/mol. The number of benzene rings is 2. The van der Waals surface area contributed by atoms with Crippen LogP contribution in [-0.4, -0.2) is 72.3 Å². The van der Waals surface area contributed by atoms with Crippen LogP contribution < -0.4 is 4.74 Å². The van der Waals surface area contributed by atoms with Gasteiger partial charge in [-0.2, -0.15) is 0 Å². The minimum absolute atomic E-state index is 0.0558. The molecule has 0 aromatic heterocycles. The lowest BCUT2D eigenvalue weighted by Gasteiger charge is -2.35. The molecule has 0 spiro atoms. The molecule has 3 rings (SSSR count). The van der Waals surface area contributed by atoms with E-state index in [0.717, 1.165) is 11.1 Å². The summed E-state index contributed by atoms with van der Waals surface area (Å²) in [5.74, 6) is -0.248. The molecule has 2 aromatic carbocycles. The van der Waals surface area contributed by atoms with Crippen molar-refractivity contribution in [2.45, 2.75) is 37.3 Å². The predicted octanol–water partition coefficient (Wildman–Crippen LogP) is 2.31. The summed E-state index contributed by atoms with van der Waals surface area (Å²) in [4.78, 5) is 12.1. The molecule has 7 nitrogen and oxygen atoms in total. The standard InChI is InChI=1S/C23H25ClF2O7/c24-17-6-3-14(23-22(30)21(29)20(28)18(11-27)33-23)10-15(17)9-13-1-4-16(5-2-13)32-8-7-31-12-19(25)26/h1-6,10,18-20,22-23,27-28,30H,7-9,11-12H2/t18-,20-,22-,23+/m1/s1. The Balaban J connectivity index is 1.65. The maximum absolute atomic E-state index is 12.1. The number of aliphatic hydroxyl groups is 3. The van der Waals surface area contributed by atoms with Gasteiger partial charge in [0.25, 0.3) is 6.43 Å². The number of alkyl halides is 2. The first-order valence-corrected chi connectivity index (χ1v) is 10.7. The molecule has 0 saturated carbocycles. The number of rotatable bonds is 10. The molecule has 0 unspecified atom stereocenters. The van der Waals surface area contributed by atoms with Crippen LogP contribution in [0.25, 0.3) is 0 Å². The van der Waals surface area contributed by atoms with E-state index in [1.165, 1.54) is 0 Å². The smallest absolute Gasteiger partial charge is 0.261 e. The van der Waals surface area contributed by atoms with Crippen LogP contribution in [0.15, 0.2) is 42.5 Å². The number of ketones is 1. The fraction of sp³-hybridized carbons (Fsp3) is 0.435. The lowest BCUT2D eigenvalue weighted by atomic mass is 9.91. The third-order valence-corrected chi connectivity index (χ3v) is 5.55. The largest absolute Gasteiger partial charge is 0.491 e. The fourth-order valence-electron chi connectivity index (χ4n) is 3.47. The van der Waals surface area contributed by atoms with Crippen LogP contribution in [0.3, 0.4) is 0 Å². The van der Waals surface area contributed by atoms with Gasteiger partial charge >= 0.3 is 0 Å². The summed E-state index contributed by atoms with van der Waals surface area (Å²) in [6.07, 6.45) is -7.41. The minimum atomic E-state index is -2.51. The molecule has 0 amide bonds. The van der Waals surface area contributed by atoms with E-state index in [0.29, 0.717) is 22.8 Å². The van der Waals surface area contributed by atoms with Gasteiger partial charge in [0.15, 0.2) is 5.78 Å². The highest BCUT2D eigenvalue weighted by molar-refractivity contribution is 6.31. The van der Waals surface area contributed by atoms with E-state index >= 15 is 0 Å². The Morgan fingerprint density at radius 2 is 1.79 bits per heavy atom. The quantitative estimate of drug-likeness (QED) is 0.443. The summed E-state index contributed by atoms with van der Waals surface area (Å²) in [7, 11) is 0. The van der Waals surface area contributed by atoms with Gasteiger partial charge in [0.1, 0.15) is 43.4 Å². The lowest BCUT2D eigenvalue weighted by molar-refractivity contribution is -0.189. The van der Waals surface area contributed by atoms with Gasteiger partial charge in [-0.3, -0.25) is 4.79 Å². The first-order chi connectivity index (χ1) is 15.8. The zero-order valence-corrected chi connectivity index (χ0v) is 18.3. The molecule has 0 aliphatic carbocycles. The highest BCUT2D eigenvalue weighted by Crippen LogP contribution is 2.33. The molecule has 3 N–H and O–H groups in total. The summed E-state index contributed by atoms with van der Waals surface area (Å²) in [5, 5.41) is 29.9. The minimum Gasteiger partial charge on any atom is -0.491 e. The van der Waals surface area contributed by atoms with Crippen molar-refractivity contribution >= 4 is 17.4 Å². The lowest BCUT2D eigenvalue weighted by Crippen LogP contribution is -2.52. The number of aliphatic hydroxyl groups excluding tert-OH is 3. The number of carbonyl (C=O) groups excluding carboxylic acids is 1. The van der Waals surface area contributed by atoms with E-state index in [4.69, 9.17) is 25.8 Å². The number of carbonyl (C=O) groups is 1. The fourth-order valence-corrected chi connectivity index (χ4v) is 3.65. The average molecular weight is 487 g/mol. The first-order valence-electron chi connectivity index (χ1n) is 10.3. The zero-order valence-electron chi connectivity index (χ0n) is 17.6. The molecule has 1 heterocycles. The van der Waals surface area contributed by atoms with Crippen molar-refractivity contribution in [1.29, 1.82) is 0 Å². The van der Waals surface area contributed by atoms with Crippen molar-refractivity contribution in [3.63, 3.8) is 0 Å². The van der Waals surface area contributed by atoms with Crippen LogP contribution in [0.1, 0.15) is 22.8 Å². The van der Waals surface area contributed by atoms with Crippen LogP contribution in [0.5, 0.6) is 5.75 Å². The SMILES string of the molecule is O=C1[C@@H](O)[C@H](c2ccc(Cl)c(Cc3ccc(OCCOCC(F)F)cc3)c2)O[C@H](CO)[C@H]1O. The van der Waals surface area contributed by atoms with Crippen molar-refractivity contribution in [3.05, 3.63) is 64.2 Å². The first kappa shape index (κ1) is 25.5. The Bertz CT molecular complexity index is 926. The third-order valence-electron chi connectivity index (χ3n) is 5.18. The highest BCUT2D eigenvalue weighted by atomic mass is 35.5. The van der Waals surface area contributed by atoms with Gasteiger partial charge in [0.2, 0.25) is 0 Å². The zero-order chi connectivity index (χ0) is 24.0. The van der Waals surface area contributed by atoms with Crippen LogP contribution in [-0.2, 0) is 20.7 Å². The molecule has 33 heavy (non-hydrogen) atoms. The molecule has 180 valence electrons. The second kappa shape index (κ2) is 11.8. The molecule has 1 saturated heterocycles. The number of ether oxygens (including phenoxy) is 3. The van der Waals surface area contributed by atoms with Gasteiger partial charge in [0.05, 0.1) is 13.2 Å². The third kappa shape index (κ3) is 6.69. The monoisotopic (exact) mass is 486 g/mol. The van der Waals surface area contributed by atoms with Gasteiger partial charge in [0, 0.05) is 5.02 Å². The molecule has 1 fully saturated rings. The van der Waals surface area contributed by atoms with E-state index in [1.807, 2.05) is 12.1 Å². The Morgan fingerprint density at radius 1 is 1.06 bits per heavy atom. The molecule has 2 aromatic rings. The molecular formula is C23H25ClF2O7. The van der Waals surface area contributed by atoms with E-state index < -0.39 is 49.8 Å².